The molecule has 0 saturated heterocycles. The van der Waals surface area contributed by atoms with Crippen molar-refractivity contribution in [3.63, 3.8) is 0 Å². The van der Waals surface area contributed by atoms with Gasteiger partial charge in [0.05, 0.1) is 27.8 Å². The van der Waals surface area contributed by atoms with Gasteiger partial charge in [0.1, 0.15) is 17.3 Å². The van der Waals surface area contributed by atoms with Gasteiger partial charge in [-0.1, -0.05) is 34.4 Å². The summed E-state index contributed by atoms with van der Waals surface area (Å²) >= 11 is 12.2. The van der Waals surface area contributed by atoms with Gasteiger partial charge in [-0.05, 0) is 30.3 Å². The van der Waals surface area contributed by atoms with E-state index in [2.05, 4.69) is 5.16 Å². The van der Waals surface area contributed by atoms with Crippen molar-refractivity contribution >= 4 is 23.2 Å². The van der Waals surface area contributed by atoms with Crippen LogP contribution in [0, 0.1) is 11.6 Å². The number of aliphatic hydroxyl groups is 1. The monoisotopic (exact) mass is 355 g/mol. The normalized spacial score (nSPS) is 11.0. The summed E-state index contributed by atoms with van der Waals surface area (Å²) in [7, 11) is 0. The van der Waals surface area contributed by atoms with E-state index in [1.54, 1.807) is 18.2 Å². The van der Waals surface area contributed by atoms with Gasteiger partial charge >= 0.3 is 0 Å². The number of rotatable bonds is 3. The maximum absolute atomic E-state index is 14.0. The smallest absolute Gasteiger partial charge is 0.176 e. The van der Waals surface area contributed by atoms with Gasteiger partial charge < -0.3 is 9.63 Å². The summed E-state index contributed by atoms with van der Waals surface area (Å²) in [5.41, 5.74) is 0.564. The molecular weight excluding hydrogens is 347 g/mol. The van der Waals surface area contributed by atoms with Crippen molar-refractivity contribution in [2.24, 2.45) is 0 Å². The summed E-state index contributed by atoms with van der Waals surface area (Å²) in [5, 5.41) is 14.1. The van der Waals surface area contributed by atoms with Crippen LogP contribution in [0.1, 0.15) is 5.56 Å². The van der Waals surface area contributed by atoms with E-state index in [4.69, 9.17) is 27.7 Å². The number of hydrogen-bond donors (Lipinski definition) is 1. The number of aromatic nitrogens is 1. The highest BCUT2D eigenvalue weighted by molar-refractivity contribution is 6.39. The Morgan fingerprint density at radius 2 is 1.78 bits per heavy atom. The Balaban J connectivity index is 2.24. The second kappa shape index (κ2) is 6.28. The highest BCUT2D eigenvalue weighted by Crippen LogP contribution is 2.39. The van der Waals surface area contributed by atoms with Crippen LogP contribution in [0.25, 0.3) is 22.6 Å². The molecule has 0 aliphatic rings. The lowest BCUT2D eigenvalue weighted by molar-refractivity contribution is 0.281. The van der Waals surface area contributed by atoms with E-state index in [0.29, 0.717) is 15.6 Å². The SMILES string of the molecule is OCc1c(-c2c(Cl)cccc2Cl)noc1-c1cc(F)ccc1F. The molecular formula is C16H9Cl2F2NO2. The Morgan fingerprint density at radius 3 is 2.43 bits per heavy atom. The van der Waals surface area contributed by atoms with Gasteiger partial charge in [0.15, 0.2) is 5.76 Å². The zero-order valence-corrected chi connectivity index (χ0v) is 13.0. The molecule has 0 atom stereocenters. The molecule has 1 N–H and O–H groups in total. The minimum Gasteiger partial charge on any atom is -0.391 e. The number of nitrogens with zero attached hydrogens (tertiary/aromatic N) is 1. The zero-order valence-electron chi connectivity index (χ0n) is 11.5. The topological polar surface area (TPSA) is 46.3 Å². The number of hydrogen-bond acceptors (Lipinski definition) is 3. The van der Waals surface area contributed by atoms with E-state index in [1.165, 1.54) is 0 Å². The van der Waals surface area contributed by atoms with Crippen molar-refractivity contribution in [1.29, 1.82) is 0 Å². The molecule has 0 unspecified atom stereocenters. The van der Waals surface area contributed by atoms with Gasteiger partial charge in [0.25, 0.3) is 0 Å². The van der Waals surface area contributed by atoms with Crippen LogP contribution in [0.3, 0.4) is 0 Å². The minimum atomic E-state index is -0.700. The standard InChI is InChI=1S/C16H9Cl2F2NO2/c17-11-2-1-3-12(18)14(11)15-10(7-22)16(23-21-15)9-6-8(19)4-5-13(9)20/h1-6,22H,7H2. The quantitative estimate of drug-likeness (QED) is 0.711. The van der Waals surface area contributed by atoms with Gasteiger partial charge in [-0.2, -0.15) is 0 Å². The molecule has 1 heterocycles. The lowest BCUT2D eigenvalue weighted by Gasteiger charge is -2.06. The van der Waals surface area contributed by atoms with Crippen molar-refractivity contribution in [2.75, 3.05) is 0 Å². The predicted octanol–water partition coefficient (Wildman–Crippen LogP) is 5.09. The summed E-state index contributed by atoms with van der Waals surface area (Å²) in [6.45, 7) is -0.508. The van der Waals surface area contributed by atoms with Gasteiger partial charge in [-0.3, -0.25) is 0 Å². The van der Waals surface area contributed by atoms with E-state index in [1.807, 2.05) is 0 Å². The third-order valence-electron chi connectivity index (χ3n) is 3.32. The first-order valence-corrected chi connectivity index (χ1v) is 7.27. The summed E-state index contributed by atoms with van der Waals surface area (Å²) in [4.78, 5) is 0. The van der Waals surface area contributed by atoms with Crippen LogP contribution < -0.4 is 0 Å². The zero-order chi connectivity index (χ0) is 16.6. The van der Waals surface area contributed by atoms with Crippen LogP contribution in [0.4, 0.5) is 8.78 Å². The maximum Gasteiger partial charge on any atom is 0.176 e. The van der Waals surface area contributed by atoms with Crippen LogP contribution in [-0.4, -0.2) is 10.3 Å². The van der Waals surface area contributed by atoms with Crippen molar-refractivity contribution < 1.29 is 18.4 Å². The number of benzene rings is 2. The molecule has 118 valence electrons. The van der Waals surface area contributed by atoms with E-state index in [0.717, 1.165) is 18.2 Å². The van der Waals surface area contributed by atoms with E-state index >= 15 is 0 Å². The lowest BCUT2D eigenvalue weighted by atomic mass is 10.0. The van der Waals surface area contributed by atoms with Crippen LogP contribution in [-0.2, 0) is 6.61 Å². The fourth-order valence-electron chi connectivity index (χ4n) is 2.26. The summed E-state index contributed by atoms with van der Waals surface area (Å²) in [6.07, 6.45) is 0. The lowest BCUT2D eigenvalue weighted by Crippen LogP contribution is -1.93. The fourth-order valence-corrected chi connectivity index (χ4v) is 2.84. The van der Waals surface area contributed by atoms with Gasteiger partial charge in [0, 0.05) is 5.56 Å². The molecule has 2 aromatic carbocycles. The second-order valence-electron chi connectivity index (χ2n) is 4.72. The maximum atomic E-state index is 14.0. The summed E-state index contributed by atoms with van der Waals surface area (Å²) < 4.78 is 32.5. The third kappa shape index (κ3) is 2.83. The van der Waals surface area contributed by atoms with E-state index in [-0.39, 0.29) is 22.6 Å². The molecule has 0 aliphatic carbocycles. The molecule has 3 nitrogen and oxygen atoms in total. The fraction of sp³-hybridized carbons (Fsp3) is 0.0625. The Kier molecular flexibility index (Phi) is 4.35. The molecule has 1 aromatic heterocycles. The van der Waals surface area contributed by atoms with Gasteiger partial charge in [-0.25, -0.2) is 8.78 Å². The minimum absolute atomic E-state index is 0.0736. The first-order valence-electron chi connectivity index (χ1n) is 6.52. The first-order chi connectivity index (χ1) is 11.0. The average molecular weight is 356 g/mol. The van der Waals surface area contributed by atoms with Crippen LogP contribution in [0.15, 0.2) is 40.9 Å². The first kappa shape index (κ1) is 15.9. The molecule has 0 radical (unpaired) electrons. The molecule has 23 heavy (non-hydrogen) atoms. The molecule has 0 bridgehead atoms. The predicted molar refractivity (Wildman–Crippen MR) is 83.2 cm³/mol. The van der Waals surface area contributed by atoms with Gasteiger partial charge in [-0.15, -0.1) is 0 Å². The molecule has 3 aromatic rings. The van der Waals surface area contributed by atoms with Crippen LogP contribution >= 0.6 is 23.2 Å². The molecule has 0 fully saturated rings. The number of aliphatic hydroxyl groups excluding tert-OH is 1. The molecule has 0 aliphatic heterocycles. The summed E-state index contributed by atoms with van der Waals surface area (Å²) in [6, 6.07) is 7.77. The van der Waals surface area contributed by atoms with Crippen molar-refractivity contribution in [3.05, 3.63) is 63.6 Å². The highest BCUT2D eigenvalue weighted by Gasteiger charge is 2.24. The van der Waals surface area contributed by atoms with Crippen molar-refractivity contribution in [1.82, 2.24) is 5.16 Å². The molecule has 3 rings (SSSR count). The highest BCUT2D eigenvalue weighted by atomic mass is 35.5. The van der Waals surface area contributed by atoms with Gasteiger partial charge in [0.2, 0.25) is 0 Å². The Labute approximate surface area is 140 Å². The molecule has 0 amide bonds. The molecule has 0 spiro atoms. The average Bonchev–Trinajstić information content (AvgIpc) is 2.93. The summed E-state index contributed by atoms with van der Waals surface area (Å²) in [5.74, 6) is -1.41. The Morgan fingerprint density at radius 1 is 1.09 bits per heavy atom. The molecule has 0 saturated carbocycles. The second-order valence-corrected chi connectivity index (χ2v) is 5.53. The van der Waals surface area contributed by atoms with Crippen LogP contribution in [0.5, 0.6) is 0 Å². The Hall–Kier alpha value is -1.95. The Bertz CT molecular complexity index is 860. The third-order valence-corrected chi connectivity index (χ3v) is 3.95. The molecule has 7 heteroatoms. The van der Waals surface area contributed by atoms with Crippen molar-refractivity contribution in [3.8, 4) is 22.6 Å². The number of halogens is 4. The van der Waals surface area contributed by atoms with Crippen molar-refractivity contribution in [2.45, 2.75) is 6.61 Å². The largest absolute Gasteiger partial charge is 0.391 e. The van der Waals surface area contributed by atoms with E-state index in [9.17, 15) is 13.9 Å². The van der Waals surface area contributed by atoms with E-state index < -0.39 is 18.2 Å². The van der Waals surface area contributed by atoms with Crippen LogP contribution in [0.2, 0.25) is 10.0 Å².